The fourth-order valence-electron chi connectivity index (χ4n) is 4.87. The quantitative estimate of drug-likeness (QED) is 0.635. The standard InChI is InChI=1S/C23H23N3O4S2/c1-15(27)24-18-4-6-19(7-5-18)32(29,30)25-12-16-11-17(14-25)23-20(21-3-2-10-31-21)8-9-22(28)26(23)13-16/h2-10,16-17H,11-14H2,1H3,(H,24,27)/t16-,17+/m0/s1. The molecule has 2 atom stereocenters. The number of anilines is 1. The minimum Gasteiger partial charge on any atom is -0.326 e. The Labute approximate surface area is 190 Å². The van der Waals surface area contributed by atoms with Crippen molar-refractivity contribution in [3.8, 4) is 10.4 Å². The maximum absolute atomic E-state index is 13.4. The van der Waals surface area contributed by atoms with E-state index in [1.54, 1.807) is 33.8 Å². The highest BCUT2D eigenvalue weighted by atomic mass is 32.2. The summed E-state index contributed by atoms with van der Waals surface area (Å²) in [5.74, 6) is -0.159. The van der Waals surface area contributed by atoms with Crippen LogP contribution in [0.25, 0.3) is 10.4 Å². The SMILES string of the molecule is CC(=O)Nc1ccc(S(=O)(=O)N2C[C@@H]3C[C@H](C2)c2c(-c4cccs4)ccc(=O)n2C3)cc1. The molecule has 3 aromatic rings. The second-order valence-electron chi connectivity index (χ2n) is 8.38. The van der Waals surface area contributed by atoms with E-state index in [0.29, 0.717) is 25.3 Å². The maximum atomic E-state index is 13.4. The van der Waals surface area contributed by atoms with Gasteiger partial charge in [0.05, 0.1) is 4.90 Å². The molecule has 32 heavy (non-hydrogen) atoms. The molecule has 0 saturated carbocycles. The van der Waals surface area contributed by atoms with Gasteiger partial charge in [0.15, 0.2) is 0 Å². The van der Waals surface area contributed by atoms with E-state index in [9.17, 15) is 18.0 Å². The highest BCUT2D eigenvalue weighted by Gasteiger charge is 2.40. The highest BCUT2D eigenvalue weighted by Crippen LogP contribution is 2.42. The van der Waals surface area contributed by atoms with E-state index in [1.807, 2.05) is 28.1 Å². The van der Waals surface area contributed by atoms with E-state index in [-0.39, 0.29) is 28.2 Å². The van der Waals surface area contributed by atoms with Crippen molar-refractivity contribution < 1.29 is 13.2 Å². The van der Waals surface area contributed by atoms with Gasteiger partial charge in [0.2, 0.25) is 15.9 Å². The lowest BCUT2D eigenvalue weighted by molar-refractivity contribution is -0.114. The Kier molecular flexibility index (Phi) is 5.27. The van der Waals surface area contributed by atoms with E-state index in [2.05, 4.69) is 5.32 Å². The average molecular weight is 470 g/mol. The molecule has 4 heterocycles. The van der Waals surface area contributed by atoms with Crippen molar-refractivity contribution in [3.63, 3.8) is 0 Å². The van der Waals surface area contributed by atoms with E-state index >= 15 is 0 Å². The normalized spacial score (nSPS) is 20.5. The van der Waals surface area contributed by atoms with Crippen LogP contribution in [-0.2, 0) is 21.4 Å². The van der Waals surface area contributed by atoms with Gasteiger partial charge in [-0.2, -0.15) is 4.31 Å². The summed E-state index contributed by atoms with van der Waals surface area (Å²) in [6, 6.07) is 13.8. The highest BCUT2D eigenvalue weighted by molar-refractivity contribution is 7.89. The number of sulfonamides is 1. The maximum Gasteiger partial charge on any atom is 0.250 e. The van der Waals surface area contributed by atoms with Crippen molar-refractivity contribution in [2.45, 2.75) is 30.7 Å². The van der Waals surface area contributed by atoms with Crippen molar-refractivity contribution >= 4 is 33.0 Å². The molecule has 5 rings (SSSR count). The van der Waals surface area contributed by atoms with Crippen LogP contribution in [0.1, 0.15) is 25.0 Å². The zero-order valence-corrected chi connectivity index (χ0v) is 19.2. The van der Waals surface area contributed by atoms with Gasteiger partial charge in [-0.05, 0) is 54.1 Å². The van der Waals surface area contributed by atoms with Gasteiger partial charge in [0.1, 0.15) is 0 Å². The van der Waals surface area contributed by atoms with Crippen molar-refractivity contribution in [2.75, 3.05) is 18.4 Å². The third kappa shape index (κ3) is 3.70. The molecule has 1 amide bonds. The molecule has 0 radical (unpaired) electrons. The topological polar surface area (TPSA) is 88.5 Å². The van der Waals surface area contributed by atoms with Crippen LogP contribution < -0.4 is 10.9 Å². The lowest BCUT2D eigenvalue weighted by atomic mass is 9.82. The second-order valence-corrected chi connectivity index (χ2v) is 11.3. The third-order valence-electron chi connectivity index (χ3n) is 6.16. The third-order valence-corrected chi connectivity index (χ3v) is 8.90. The smallest absolute Gasteiger partial charge is 0.250 e. The molecule has 2 bridgehead atoms. The molecule has 1 aromatic carbocycles. The van der Waals surface area contributed by atoms with E-state index in [4.69, 9.17) is 0 Å². The second kappa shape index (κ2) is 7.99. The van der Waals surface area contributed by atoms with Gasteiger partial charge in [0.25, 0.3) is 5.56 Å². The molecule has 2 aliphatic rings. The van der Waals surface area contributed by atoms with Crippen molar-refractivity contribution in [1.82, 2.24) is 8.87 Å². The number of hydrogen-bond acceptors (Lipinski definition) is 5. The Morgan fingerprint density at radius 2 is 1.84 bits per heavy atom. The molecule has 2 aromatic heterocycles. The number of thiophene rings is 1. The van der Waals surface area contributed by atoms with Crippen molar-refractivity contribution in [3.05, 3.63) is 70.0 Å². The number of pyridine rings is 1. The molecular formula is C23H23N3O4S2. The van der Waals surface area contributed by atoms with Crippen molar-refractivity contribution in [1.29, 1.82) is 0 Å². The van der Waals surface area contributed by atoms with Crippen LogP contribution in [0, 0.1) is 5.92 Å². The fourth-order valence-corrected chi connectivity index (χ4v) is 7.19. The summed E-state index contributed by atoms with van der Waals surface area (Å²) < 4.78 is 30.2. The first-order valence-electron chi connectivity index (χ1n) is 10.5. The number of aromatic nitrogens is 1. The fraction of sp³-hybridized carbons (Fsp3) is 0.304. The Bertz CT molecular complexity index is 1330. The number of fused-ring (bicyclic) bond motifs is 4. The summed E-state index contributed by atoms with van der Waals surface area (Å²) >= 11 is 1.62. The minimum absolute atomic E-state index is 0.0279. The molecule has 0 spiro atoms. The minimum atomic E-state index is -3.69. The summed E-state index contributed by atoms with van der Waals surface area (Å²) in [7, 11) is -3.69. The van der Waals surface area contributed by atoms with Crippen LogP contribution in [0.15, 0.2) is 63.6 Å². The average Bonchev–Trinajstić information content (AvgIpc) is 3.29. The summed E-state index contributed by atoms with van der Waals surface area (Å²) in [6.45, 7) is 2.66. The summed E-state index contributed by atoms with van der Waals surface area (Å²) in [6.07, 6.45) is 0.870. The lowest BCUT2D eigenvalue weighted by Gasteiger charge is -2.42. The van der Waals surface area contributed by atoms with Crippen LogP contribution in [0.2, 0.25) is 0 Å². The zero-order chi connectivity index (χ0) is 22.5. The van der Waals surface area contributed by atoms with E-state index < -0.39 is 10.0 Å². The number of carbonyl (C=O) groups excluding carboxylic acids is 1. The number of carbonyl (C=O) groups is 1. The van der Waals surface area contributed by atoms with Crippen molar-refractivity contribution in [2.24, 2.45) is 5.92 Å². The molecule has 0 unspecified atom stereocenters. The van der Waals surface area contributed by atoms with E-state index in [1.165, 1.54) is 19.1 Å². The molecule has 1 saturated heterocycles. The Balaban J connectivity index is 1.49. The number of hydrogen-bond donors (Lipinski definition) is 1. The monoisotopic (exact) mass is 469 g/mol. The zero-order valence-electron chi connectivity index (χ0n) is 17.5. The van der Waals surface area contributed by atoms with Crippen LogP contribution in [0.3, 0.4) is 0 Å². The van der Waals surface area contributed by atoms with Gasteiger partial charge < -0.3 is 9.88 Å². The van der Waals surface area contributed by atoms with Gasteiger partial charge in [0, 0.05) is 60.4 Å². The predicted octanol–water partition coefficient (Wildman–Crippen LogP) is 3.34. The van der Waals surface area contributed by atoms with Crippen LogP contribution >= 0.6 is 11.3 Å². The molecule has 1 N–H and O–H groups in total. The predicted molar refractivity (Wildman–Crippen MR) is 124 cm³/mol. The number of piperidine rings is 1. The number of amides is 1. The number of nitrogens with zero attached hydrogens (tertiary/aromatic N) is 2. The first-order chi connectivity index (χ1) is 15.3. The molecule has 7 nitrogen and oxygen atoms in total. The van der Waals surface area contributed by atoms with E-state index in [0.717, 1.165) is 22.6 Å². The Morgan fingerprint density at radius 3 is 2.53 bits per heavy atom. The Hall–Kier alpha value is -2.75. The van der Waals surface area contributed by atoms with Gasteiger partial charge in [-0.15, -0.1) is 11.3 Å². The van der Waals surface area contributed by atoms with Gasteiger partial charge in [-0.25, -0.2) is 8.42 Å². The molecule has 9 heteroatoms. The molecule has 1 fully saturated rings. The van der Waals surface area contributed by atoms with Crippen LogP contribution in [0.5, 0.6) is 0 Å². The number of nitrogens with one attached hydrogen (secondary N) is 1. The molecular weight excluding hydrogens is 446 g/mol. The van der Waals surface area contributed by atoms with Crippen LogP contribution in [0.4, 0.5) is 5.69 Å². The molecule has 166 valence electrons. The Morgan fingerprint density at radius 1 is 1.06 bits per heavy atom. The number of rotatable bonds is 4. The number of benzene rings is 1. The van der Waals surface area contributed by atoms with Gasteiger partial charge in [-0.3, -0.25) is 9.59 Å². The summed E-state index contributed by atoms with van der Waals surface area (Å²) in [5, 5.41) is 4.66. The van der Waals surface area contributed by atoms with Crippen LogP contribution in [-0.4, -0.2) is 36.3 Å². The lowest BCUT2D eigenvalue weighted by Crippen LogP contribution is -2.49. The van der Waals surface area contributed by atoms with Gasteiger partial charge in [-0.1, -0.05) is 6.07 Å². The summed E-state index contributed by atoms with van der Waals surface area (Å²) in [5.41, 5.74) is 2.49. The summed E-state index contributed by atoms with van der Waals surface area (Å²) in [4.78, 5) is 25.1. The van der Waals surface area contributed by atoms with Gasteiger partial charge >= 0.3 is 0 Å². The largest absolute Gasteiger partial charge is 0.326 e. The first kappa shape index (κ1) is 21.1. The molecule has 0 aliphatic carbocycles. The first-order valence-corrected chi connectivity index (χ1v) is 12.8. The molecule has 2 aliphatic heterocycles.